The van der Waals surface area contributed by atoms with Crippen molar-refractivity contribution in [2.45, 2.75) is 20.3 Å². The van der Waals surface area contributed by atoms with Crippen molar-refractivity contribution in [3.63, 3.8) is 0 Å². The summed E-state index contributed by atoms with van der Waals surface area (Å²) in [6, 6.07) is 6.68. The molecule has 1 heterocycles. The SMILES string of the molecule is [2H]/C(C(=O)Cc1cc2c(Nc3ccc(F)c(C)c3)c(C#N)cnc2cc1OC([2H])([2H])C)=C(/[2H])C([2H])([2H])N(C)C([2H])([2H])[2H]. The number of nitriles is 1. The molecule has 2 aromatic carbocycles. The molecule has 0 aliphatic heterocycles. The summed E-state index contributed by atoms with van der Waals surface area (Å²) < 4.78 is 89.6. The zero-order valence-corrected chi connectivity index (χ0v) is 18.2. The number of carbonyl (C=O) groups excluding carboxylic acids is 1. The second-order valence-corrected chi connectivity index (χ2v) is 7.05. The van der Waals surface area contributed by atoms with Gasteiger partial charge in [-0.3, -0.25) is 9.78 Å². The van der Waals surface area contributed by atoms with E-state index >= 15 is 0 Å². The number of nitrogens with zero attached hydrogens (tertiary/aromatic N) is 3. The summed E-state index contributed by atoms with van der Waals surface area (Å²) >= 11 is 0. The number of carbonyl (C=O) groups is 1. The van der Waals surface area contributed by atoms with Crippen LogP contribution in [0.3, 0.4) is 0 Å². The quantitative estimate of drug-likeness (QED) is 0.461. The van der Waals surface area contributed by atoms with Crippen LogP contribution in [0.1, 0.15) is 36.0 Å². The van der Waals surface area contributed by atoms with Gasteiger partial charge in [0.25, 0.3) is 0 Å². The third-order valence-corrected chi connectivity index (χ3v) is 4.59. The largest absolute Gasteiger partial charge is 0.494 e. The van der Waals surface area contributed by atoms with E-state index in [4.69, 9.17) is 17.1 Å². The van der Waals surface area contributed by atoms with Crippen LogP contribution in [0.4, 0.5) is 15.8 Å². The van der Waals surface area contributed by atoms with E-state index in [1.807, 2.05) is 6.07 Å². The number of fused-ring (bicyclic) bond motifs is 1. The average Bonchev–Trinajstić information content (AvgIpc) is 2.88. The minimum Gasteiger partial charge on any atom is -0.494 e. The van der Waals surface area contributed by atoms with Gasteiger partial charge in [0.2, 0.25) is 0 Å². The number of ether oxygens (including phenoxy) is 1. The van der Waals surface area contributed by atoms with Crippen LogP contribution in [0.2, 0.25) is 0 Å². The highest BCUT2D eigenvalue weighted by molar-refractivity contribution is 5.98. The molecule has 0 fully saturated rings. The van der Waals surface area contributed by atoms with Gasteiger partial charge in [-0.15, -0.1) is 0 Å². The van der Waals surface area contributed by atoms with Crippen LogP contribution in [0.5, 0.6) is 5.75 Å². The number of hydrogen-bond acceptors (Lipinski definition) is 6. The Morgan fingerprint density at radius 1 is 1.45 bits per heavy atom. The molecule has 3 aromatic rings. The zero-order valence-electron chi connectivity index (χ0n) is 27.2. The molecule has 0 bridgehead atoms. The van der Waals surface area contributed by atoms with Crippen LogP contribution in [-0.4, -0.2) is 42.7 Å². The molecule has 1 N–H and O–H groups in total. The number of likely N-dealkylation sites (N-methyl/N-ethyl adjacent to an activating group) is 1. The minimum absolute atomic E-state index is 0.0238. The molecule has 0 aliphatic rings. The third-order valence-electron chi connectivity index (χ3n) is 4.59. The average molecular weight is 456 g/mol. The Morgan fingerprint density at radius 3 is 2.97 bits per heavy atom. The van der Waals surface area contributed by atoms with Crippen molar-refractivity contribution < 1.29 is 26.3 Å². The first-order valence-electron chi connectivity index (χ1n) is 14.3. The van der Waals surface area contributed by atoms with Crippen LogP contribution in [-0.2, 0) is 11.2 Å². The summed E-state index contributed by atoms with van der Waals surface area (Å²) in [6.45, 7) is -5.48. The number of ketones is 1. The van der Waals surface area contributed by atoms with Crippen LogP contribution in [0.25, 0.3) is 10.9 Å². The molecular formula is C26H27FN4O2. The lowest BCUT2D eigenvalue weighted by Crippen LogP contribution is -2.11. The predicted molar refractivity (Wildman–Crippen MR) is 128 cm³/mol. The van der Waals surface area contributed by atoms with E-state index in [2.05, 4.69) is 10.3 Å². The summed E-state index contributed by atoms with van der Waals surface area (Å²) in [4.78, 5) is 17.6. The second kappa shape index (κ2) is 10.7. The molecule has 0 radical (unpaired) electrons. The number of pyridine rings is 1. The molecule has 7 heteroatoms. The van der Waals surface area contributed by atoms with Gasteiger partial charge in [-0.05, 0) is 63.8 Å². The van der Waals surface area contributed by atoms with Gasteiger partial charge in [0, 0.05) is 48.7 Å². The lowest BCUT2D eigenvalue weighted by Gasteiger charge is -2.15. The van der Waals surface area contributed by atoms with Crippen molar-refractivity contribution in [3.05, 3.63) is 71.1 Å². The first-order chi connectivity index (χ1) is 19.3. The highest BCUT2D eigenvalue weighted by atomic mass is 19.1. The van der Waals surface area contributed by atoms with E-state index in [0.29, 0.717) is 16.6 Å². The summed E-state index contributed by atoms with van der Waals surface area (Å²) in [7, 11) is 0.898. The maximum absolute atomic E-state index is 13.8. The Balaban J connectivity index is 2.17. The molecule has 170 valence electrons. The summed E-state index contributed by atoms with van der Waals surface area (Å²) in [5.41, 5.74) is 1.38. The van der Waals surface area contributed by atoms with Crippen LogP contribution >= 0.6 is 0 Å². The molecular weight excluding hydrogens is 419 g/mol. The third kappa shape index (κ3) is 5.93. The molecule has 0 unspecified atom stereocenters. The minimum atomic E-state index is -2.99. The summed E-state index contributed by atoms with van der Waals surface area (Å²) in [5, 5.41) is 13.1. The van der Waals surface area contributed by atoms with Gasteiger partial charge < -0.3 is 15.0 Å². The van der Waals surface area contributed by atoms with Crippen molar-refractivity contribution in [1.82, 2.24) is 9.88 Å². The van der Waals surface area contributed by atoms with Gasteiger partial charge in [0.05, 0.1) is 28.8 Å². The number of anilines is 2. The van der Waals surface area contributed by atoms with Crippen LogP contribution in [0.15, 0.2) is 48.6 Å². The van der Waals surface area contributed by atoms with E-state index in [1.165, 1.54) is 36.5 Å². The number of rotatable bonds is 9. The lowest BCUT2D eigenvalue weighted by molar-refractivity contribution is -0.114. The summed E-state index contributed by atoms with van der Waals surface area (Å²) in [6.07, 6.45) is 0.610. The molecule has 0 saturated heterocycles. The highest BCUT2D eigenvalue weighted by Crippen LogP contribution is 2.34. The zero-order chi connectivity index (χ0) is 31.8. The van der Waals surface area contributed by atoms with Crippen LogP contribution < -0.4 is 10.1 Å². The van der Waals surface area contributed by atoms with E-state index in [-0.39, 0.29) is 33.0 Å². The van der Waals surface area contributed by atoms with Crippen molar-refractivity contribution in [2.75, 3.05) is 32.4 Å². The number of allylic oxidation sites excluding steroid dienone is 1. The monoisotopic (exact) mass is 455 g/mol. The van der Waals surface area contributed by atoms with Gasteiger partial charge in [0.15, 0.2) is 5.78 Å². The van der Waals surface area contributed by atoms with Gasteiger partial charge >= 0.3 is 0 Å². The Morgan fingerprint density at radius 2 is 2.27 bits per heavy atom. The number of benzene rings is 2. The molecule has 6 nitrogen and oxygen atoms in total. The summed E-state index contributed by atoms with van der Waals surface area (Å²) in [5.74, 6) is -1.64. The smallest absolute Gasteiger partial charge is 0.159 e. The molecule has 0 saturated carbocycles. The van der Waals surface area contributed by atoms with Crippen molar-refractivity contribution >= 4 is 28.1 Å². The molecule has 0 aliphatic carbocycles. The molecule has 1 aromatic heterocycles. The predicted octanol–water partition coefficient (Wildman–Crippen LogP) is 4.93. The first-order valence-corrected chi connectivity index (χ1v) is 9.79. The maximum Gasteiger partial charge on any atom is 0.159 e. The van der Waals surface area contributed by atoms with E-state index in [0.717, 1.165) is 14.0 Å². The van der Waals surface area contributed by atoms with Gasteiger partial charge in [-0.2, -0.15) is 5.26 Å². The lowest BCUT2D eigenvalue weighted by atomic mass is 10.0. The normalized spacial score (nSPS) is 17.0. The fourth-order valence-corrected chi connectivity index (χ4v) is 3.09. The first kappa shape index (κ1) is 14.4. The maximum atomic E-state index is 13.8. The van der Waals surface area contributed by atoms with Gasteiger partial charge in [0.1, 0.15) is 17.6 Å². The number of hydrogen-bond donors (Lipinski definition) is 1. The van der Waals surface area contributed by atoms with E-state index in [9.17, 15) is 14.4 Å². The fraction of sp³-hybridized carbons (Fsp3) is 0.269. The highest BCUT2D eigenvalue weighted by Gasteiger charge is 2.16. The van der Waals surface area contributed by atoms with Crippen molar-refractivity contribution in [2.24, 2.45) is 0 Å². The van der Waals surface area contributed by atoms with Crippen LogP contribution in [0, 0.1) is 24.1 Å². The molecule has 0 amide bonds. The Hall–Kier alpha value is -3.76. The fourth-order valence-electron chi connectivity index (χ4n) is 3.09. The van der Waals surface area contributed by atoms with Crippen molar-refractivity contribution in [1.29, 1.82) is 5.26 Å². The topological polar surface area (TPSA) is 78.2 Å². The molecule has 0 atom stereocenters. The number of halogens is 1. The Bertz CT molecular complexity index is 1610. The van der Waals surface area contributed by atoms with Gasteiger partial charge in [-0.25, -0.2) is 4.39 Å². The van der Waals surface area contributed by atoms with E-state index in [1.54, 1.807) is 6.92 Å². The Kier molecular flexibility index (Phi) is 4.67. The standard InChI is InChI=1S/C26H27FN4O2/c1-5-33-25-14-24-22(13-18(25)12-21(32)7-6-10-31(3)4)26(19(15-28)16-29-24)30-20-8-9-23(27)17(2)11-20/h6-9,11,13-14,16H,5,10,12H2,1-4H3,(H,29,30)/b7-6+/i3D3,5D2,6D,7D,10D2. The second-order valence-electron chi connectivity index (χ2n) is 7.05. The number of aromatic nitrogens is 1. The molecule has 33 heavy (non-hydrogen) atoms. The molecule has 3 rings (SSSR count). The number of aryl methyl sites for hydroxylation is 1. The number of nitrogens with one attached hydrogen (secondary N) is 1. The van der Waals surface area contributed by atoms with E-state index < -0.39 is 50.2 Å². The van der Waals surface area contributed by atoms with Gasteiger partial charge in [-0.1, -0.05) is 6.05 Å². The molecule has 0 spiro atoms. The Labute approximate surface area is 206 Å². The van der Waals surface area contributed by atoms with Crippen molar-refractivity contribution in [3.8, 4) is 11.8 Å².